The maximum Gasteiger partial charge on any atom is 0.233 e. The summed E-state index contributed by atoms with van der Waals surface area (Å²) in [6, 6.07) is 12.8. The normalized spacial score (nSPS) is 11.2. The van der Waals surface area contributed by atoms with Crippen molar-refractivity contribution in [1.82, 2.24) is 4.98 Å². The fourth-order valence-electron chi connectivity index (χ4n) is 2.93. The summed E-state index contributed by atoms with van der Waals surface area (Å²) in [6.45, 7) is 4.54. The Labute approximate surface area is 159 Å². The third-order valence-electron chi connectivity index (χ3n) is 4.45. The van der Waals surface area contributed by atoms with E-state index in [0.29, 0.717) is 18.0 Å². The quantitative estimate of drug-likeness (QED) is 0.425. The monoisotopic (exact) mass is 411 g/mol. The van der Waals surface area contributed by atoms with Crippen LogP contribution >= 0.6 is 15.9 Å². The van der Waals surface area contributed by atoms with Gasteiger partial charge in [0.15, 0.2) is 24.5 Å². The molecule has 0 aliphatic rings. The van der Waals surface area contributed by atoms with Gasteiger partial charge < -0.3 is 4.42 Å². The van der Waals surface area contributed by atoms with Crippen LogP contribution in [0.25, 0.3) is 22.6 Å². The molecule has 0 unspecified atom stereocenters. The Balaban J connectivity index is 1.75. The second kappa shape index (κ2) is 6.65. The van der Waals surface area contributed by atoms with Crippen LogP contribution in [0.1, 0.15) is 16.7 Å². The van der Waals surface area contributed by atoms with Crippen molar-refractivity contribution in [1.29, 1.82) is 0 Å². The third kappa shape index (κ3) is 3.27. The molecule has 0 radical (unpaired) electrons. The minimum atomic E-state index is -0.214. The lowest BCUT2D eigenvalue weighted by atomic mass is 10.1. The van der Waals surface area contributed by atoms with Crippen molar-refractivity contribution in [3.8, 4) is 11.5 Å². The zero-order chi connectivity index (χ0) is 18.3. The van der Waals surface area contributed by atoms with Gasteiger partial charge in [-0.15, -0.1) is 0 Å². The standard InChI is InChI=1S/C21H17BrFN2O/c1-13-7-19-20(8-14(13)2)26-21(24-19)16-9-17(22)12-25(11-16)10-15-5-3-4-6-18(15)23/h3-9,11-12H,10H2,1-2H3/q+1. The van der Waals surface area contributed by atoms with Gasteiger partial charge in [0.1, 0.15) is 16.9 Å². The zero-order valence-corrected chi connectivity index (χ0v) is 16.0. The van der Waals surface area contributed by atoms with E-state index in [0.717, 1.165) is 21.1 Å². The van der Waals surface area contributed by atoms with Gasteiger partial charge in [0.2, 0.25) is 5.89 Å². The van der Waals surface area contributed by atoms with E-state index in [4.69, 9.17) is 4.42 Å². The number of halogens is 2. The minimum Gasteiger partial charge on any atom is -0.436 e. The molecule has 2 aromatic carbocycles. The highest BCUT2D eigenvalue weighted by Gasteiger charge is 2.16. The van der Waals surface area contributed by atoms with Gasteiger partial charge >= 0.3 is 0 Å². The van der Waals surface area contributed by atoms with E-state index in [1.165, 1.54) is 17.2 Å². The van der Waals surface area contributed by atoms with Crippen molar-refractivity contribution >= 4 is 27.0 Å². The highest BCUT2D eigenvalue weighted by Crippen LogP contribution is 2.27. The largest absolute Gasteiger partial charge is 0.436 e. The molecule has 4 rings (SSSR count). The molecule has 2 heterocycles. The van der Waals surface area contributed by atoms with Crippen molar-refractivity contribution < 1.29 is 13.4 Å². The van der Waals surface area contributed by atoms with E-state index in [2.05, 4.69) is 34.8 Å². The molecule has 0 N–H and O–H groups in total. The number of rotatable bonds is 3. The van der Waals surface area contributed by atoms with E-state index < -0.39 is 0 Å². The Kier molecular flexibility index (Phi) is 4.32. The van der Waals surface area contributed by atoms with E-state index in [-0.39, 0.29) is 5.82 Å². The predicted molar refractivity (Wildman–Crippen MR) is 102 cm³/mol. The molecule has 5 heteroatoms. The Hall–Kier alpha value is -2.53. The predicted octanol–water partition coefficient (Wildman–Crippen LogP) is 5.35. The second-order valence-electron chi connectivity index (χ2n) is 6.43. The topological polar surface area (TPSA) is 29.9 Å². The van der Waals surface area contributed by atoms with Crippen LogP contribution in [0.3, 0.4) is 0 Å². The van der Waals surface area contributed by atoms with Crippen molar-refractivity contribution in [2.45, 2.75) is 20.4 Å². The summed E-state index contributed by atoms with van der Waals surface area (Å²) >= 11 is 3.53. The molecule has 0 spiro atoms. The molecule has 26 heavy (non-hydrogen) atoms. The maximum absolute atomic E-state index is 14.0. The first-order valence-electron chi connectivity index (χ1n) is 8.31. The van der Waals surface area contributed by atoms with Gasteiger partial charge in [0.25, 0.3) is 0 Å². The van der Waals surface area contributed by atoms with Gasteiger partial charge in [-0.25, -0.2) is 9.37 Å². The fourth-order valence-corrected chi connectivity index (χ4v) is 3.44. The van der Waals surface area contributed by atoms with Crippen LogP contribution in [0.4, 0.5) is 4.39 Å². The third-order valence-corrected chi connectivity index (χ3v) is 4.88. The Morgan fingerprint density at radius 2 is 1.85 bits per heavy atom. The maximum atomic E-state index is 14.0. The molecule has 0 bridgehead atoms. The first-order chi connectivity index (χ1) is 12.5. The zero-order valence-electron chi connectivity index (χ0n) is 14.5. The molecule has 0 atom stereocenters. The van der Waals surface area contributed by atoms with E-state index >= 15 is 0 Å². The van der Waals surface area contributed by atoms with Crippen molar-refractivity contribution in [3.63, 3.8) is 0 Å². The number of aryl methyl sites for hydroxylation is 2. The number of aromatic nitrogens is 2. The summed E-state index contributed by atoms with van der Waals surface area (Å²) < 4.78 is 22.7. The highest BCUT2D eigenvalue weighted by molar-refractivity contribution is 9.10. The molecule has 4 aromatic rings. The van der Waals surface area contributed by atoms with Crippen LogP contribution in [0, 0.1) is 19.7 Å². The fraction of sp³-hybridized carbons (Fsp3) is 0.143. The average molecular weight is 412 g/mol. The number of hydrogen-bond donors (Lipinski definition) is 0. The summed E-state index contributed by atoms with van der Waals surface area (Å²) in [6.07, 6.45) is 3.83. The van der Waals surface area contributed by atoms with Crippen LogP contribution in [-0.4, -0.2) is 4.98 Å². The van der Waals surface area contributed by atoms with E-state index in [1.807, 2.05) is 41.2 Å². The summed E-state index contributed by atoms with van der Waals surface area (Å²) in [7, 11) is 0. The van der Waals surface area contributed by atoms with Crippen LogP contribution in [0.5, 0.6) is 0 Å². The number of nitrogens with zero attached hydrogens (tertiary/aromatic N) is 2. The number of fused-ring (bicyclic) bond motifs is 1. The first-order valence-corrected chi connectivity index (χ1v) is 9.10. The smallest absolute Gasteiger partial charge is 0.233 e. The lowest BCUT2D eigenvalue weighted by Gasteiger charge is -2.02. The molecule has 0 saturated carbocycles. The summed E-state index contributed by atoms with van der Waals surface area (Å²) in [5.41, 5.74) is 5.42. The molecule has 0 fully saturated rings. The van der Waals surface area contributed by atoms with Gasteiger partial charge in [0, 0.05) is 0 Å². The molecule has 0 aliphatic carbocycles. The number of pyridine rings is 1. The van der Waals surface area contributed by atoms with Crippen LogP contribution in [0.2, 0.25) is 0 Å². The van der Waals surface area contributed by atoms with Gasteiger partial charge in [0.05, 0.1) is 10.0 Å². The summed E-state index contributed by atoms with van der Waals surface area (Å²) in [5, 5.41) is 0. The van der Waals surface area contributed by atoms with Crippen molar-refractivity contribution in [2.24, 2.45) is 0 Å². The molecule has 0 aliphatic heterocycles. The lowest BCUT2D eigenvalue weighted by molar-refractivity contribution is -0.688. The molecule has 0 saturated heterocycles. The molecule has 130 valence electrons. The van der Waals surface area contributed by atoms with Gasteiger partial charge in [-0.3, -0.25) is 0 Å². The molecular weight excluding hydrogens is 395 g/mol. The van der Waals surface area contributed by atoms with Crippen LogP contribution in [0.15, 0.2) is 63.7 Å². The van der Waals surface area contributed by atoms with Crippen LogP contribution in [-0.2, 0) is 6.54 Å². The van der Waals surface area contributed by atoms with Gasteiger partial charge in [-0.2, -0.15) is 4.57 Å². The Bertz CT molecular complexity index is 1080. The number of benzene rings is 2. The van der Waals surface area contributed by atoms with Crippen molar-refractivity contribution in [2.75, 3.05) is 0 Å². The Morgan fingerprint density at radius 1 is 1.08 bits per heavy atom. The van der Waals surface area contributed by atoms with Crippen LogP contribution < -0.4 is 4.57 Å². The average Bonchev–Trinajstić information content (AvgIpc) is 3.00. The first kappa shape index (κ1) is 16.9. The van der Waals surface area contributed by atoms with Gasteiger partial charge in [-0.05, 0) is 71.2 Å². The van der Waals surface area contributed by atoms with Gasteiger partial charge in [-0.1, -0.05) is 12.1 Å². The SMILES string of the molecule is Cc1cc2nc(-c3cc(Br)c[n+](Cc4ccccc4F)c3)oc2cc1C. The number of hydrogen-bond acceptors (Lipinski definition) is 2. The lowest BCUT2D eigenvalue weighted by Crippen LogP contribution is -2.34. The van der Waals surface area contributed by atoms with E-state index in [9.17, 15) is 4.39 Å². The molecule has 2 aromatic heterocycles. The van der Waals surface area contributed by atoms with Crippen molar-refractivity contribution in [3.05, 3.63) is 81.8 Å². The second-order valence-corrected chi connectivity index (χ2v) is 7.35. The minimum absolute atomic E-state index is 0.214. The number of oxazole rings is 1. The molecule has 0 amide bonds. The summed E-state index contributed by atoms with van der Waals surface area (Å²) in [4.78, 5) is 4.62. The molecular formula is C21H17BrFN2O+. The highest BCUT2D eigenvalue weighted by atomic mass is 79.9. The Morgan fingerprint density at radius 3 is 2.65 bits per heavy atom. The molecule has 3 nitrogen and oxygen atoms in total. The summed E-state index contributed by atoms with van der Waals surface area (Å²) in [5.74, 6) is 0.336. The van der Waals surface area contributed by atoms with E-state index in [1.54, 1.807) is 12.1 Å².